The summed E-state index contributed by atoms with van der Waals surface area (Å²) < 4.78 is 41.9. The van der Waals surface area contributed by atoms with Gasteiger partial charge in [-0.2, -0.15) is 4.31 Å². The van der Waals surface area contributed by atoms with Crippen LogP contribution in [0.4, 0.5) is 10.1 Å². The minimum Gasteiger partial charge on any atom is -0.313 e. The third-order valence-corrected chi connectivity index (χ3v) is 6.65. The summed E-state index contributed by atoms with van der Waals surface area (Å²) >= 11 is 0. The Morgan fingerprint density at radius 3 is 2.59 bits per heavy atom. The summed E-state index contributed by atoms with van der Waals surface area (Å²) in [6.07, 6.45) is 0.854. The molecule has 1 unspecified atom stereocenters. The molecule has 0 radical (unpaired) electrons. The molecule has 0 aliphatic carbocycles. The number of hydrogen-bond acceptors (Lipinski definition) is 5. The maximum Gasteiger partial charge on any atom is 0.292 e. The Balaban J connectivity index is 2.07. The lowest BCUT2D eigenvalue weighted by Gasteiger charge is -2.35. The number of nitro benzene ring substituents is 1. The van der Waals surface area contributed by atoms with Gasteiger partial charge in [0.25, 0.3) is 15.7 Å². The van der Waals surface area contributed by atoms with Gasteiger partial charge in [-0.3, -0.25) is 10.1 Å². The maximum absolute atomic E-state index is 14.4. The van der Waals surface area contributed by atoms with Crippen molar-refractivity contribution < 1.29 is 17.7 Å². The zero-order valence-electron chi connectivity index (χ0n) is 14.8. The monoisotopic (exact) mass is 393 g/mol. The zero-order chi connectivity index (χ0) is 19.6. The molecule has 1 N–H and O–H groups in total. The summed E-state index contributed by atoms with van der Waals surface area (Å²) in [6, 6.07) is 10.00. The smallest absolute Gasteiger partial charge is 0.292 e. The molecule has 1 atom stereocenters. The molecule has 0 bridgehead atoms. The number of aryl methyl sites for hydroxylation is 1. The Morgan fingerprint density at radius 2 is 1.96 bits per heavy atom. The van der Waals surface area contributed by atoms with Crippen LogP contribution in [0.2, 0.25) is 0 Å². The van der Waals surface area contributed by atoms with E-state index >= 15 is 0 Å². The number of halogens is 1. The third kappa shape index (κ3) is 3.71. The minimum absolute atomic E-state index is 0.0913. The molecule has 27 heavy (non-hydrogen) atoms. The Morgan fingerprint density at radius 1 is 1.26 bits per heavy atom. The van der Waals surface area contributed by atoms with Crippen LogP contribution in [0.25, 0.3) is 0 Å². The first-order valence-electron chi connectivity index (χ1n) is 8.60. The zero-order valence-corrected chi connectivity index (χ0v) is 15.6. The highest BCUT2D eigenvalue weighted by atomic mass is 32.2. The summed E-state index contributed by atoms with van der Waals surface area (Å²) in [6.45, 7) is 2.83. The summed E-state index contributed by atoms with van der Waals surface area (Å²) in [5.41, 5.74) is 1.11. The molecule has 1 aliphatic heterocycles. The topological polar surface area (TPSA) is 92.6 Å². The minimum atomic E-state index is -4.40. The number of hydrogen-bond donors (Lipinski definition) is 1. The number of nitrogens with zero attached hydrogens (tertiary/aromatic N) is 2. The van der Waals surface area contributed by atoms with Gasteiger partial charge >= 0.3 is 0 Å². The van der Waals surface area contributed by atoms with Crippen LogP contribution in [0.1, 0.15) is 24.1 Å². The highest BCUT2D eigenvalue weighted by Crippen LogP contribution is 2.34. The number of rotatable bonds is 5. The third-order valence-electron chi connectivity index (χ3n) is 4.68. The molecular weight excluding hydrogens is 373 g/mol. The van der Waals surface area contributed by atoms with Crippen LogP contribution in [-0.4, -0.2) is 37.3 Å². The highest BCUT2D eigenvalue weighted by Gasteiger charge is 2.40. The molecule has 0 saturated carbocycles. The average molecular weight is 393 g/mol. The van der Waals surface area contributed by atoms with E-state index in [2.05, 4.69) is 5.32 Å². The van der Waals surface area contributed by atoms with Gasteiger partial charge in [-0.25, -0.2) is 12.8 Å². The molecule has 1 fully saturated rings. The molecular formula is C18H20FN3O4S. The van der Waals surface area contributed by atoms with Crippen molar-refractivity contribution in [2.45, 2.75) is 24.3 Å². The number of sulfonamides is 1. The van der Waals surface area contributed by atoms with Crippen molar-refractivity contribution in [3.63, 3.8) is 0 Å². The maximum atomic E-state index is 14.4. The van der Waals surface area contributed by atoms with Crippen LogP contribution in [0.5, 0.6) is 0 Å². The first-order chi connectivity index (χ1) is 12.9. The van der Waals surface area contributed by atoms with Crippen molar-refractivity contribution >= 4 is 15.7 Å². The van der Waals surface area contributed by atoms with Gasteiger partial charge < -0.3 is 5.32 Å². The van der Waals surface area contributed by atoms with Crippen molar-refractivity contribution in [3.8, 4) is 0 Å². The molecule has 9 heteroatoms. The van der Waals surface area contributed by atoms with Gasteiger partial charge in [0.1, 0.15) is 5.82 Å². The Bertz CT molecular complexity index is 948. The Kier molecular flexibility index (Phi) is 5.54. The van der Waals surface area contributed by atoms with Gasteiger partial charge in [0.05, 0.1) is 11.0 Å². The average Bonchev–Trinajstić information content (AvgIpc) is 2.67. The van der Waals surface area contributed by atoms with Crippen LogP contribution < -0.4 is 5.32 Å². The predicted octanol–water partition coefficient (Wildman–Crippen LogP) is 2.63. The van der Waals surface area contributed by atoms with Crippen molar-refractivity contribution in [3.05, 3.63) is 69.5 Å². The quantitative estimate of drug-likeness (QED) is 0.623. The van der Waals surface area contributed by atoms with Crippen LogP contribution in [-0.2, 0) is 16.4 Å². The Hall–Kier alpha value is -2.36. The van der Waals surface area contributed by atoms with E-state index in [9.17, 15) is 22.9 Å². The molecule has 1 saturated heterocycles. The fraction of sp³-hybridized carbons (Fsp3) is 0.333. The van der Waals surface area contributed by atoms with Crippen molar-refractivity contribution in [1.82, 2.24) is 9.62 Å². The van der Waals surface area contributed by atoms with Gasteiger partial charge in [-0.15, -0.1) is 0 Å². The summed E-state index contributed by atoms with van der Waals surface area (Å²) in [5, 5.41) is 14.4. The first-order valence-corrected chi connectivity index (χ1v) is 10.0. The lowest BCUT2D eigenvalue weighted by molar-refractivity contribution is -0.388. The summed E-state index contributed by atoms with van der Waals surface area (Å²) in [4.78, 5) is 9.51. The number of piperazine rings is 1. The summed E-state index contributed by atoms with van der Waals surface area (Å²) in [5.74, 6) is -1.12. The first kappa shape index (κ1) is 19.4. The standard InChI is InChI=1S/C18H20FN3O4S/c1-2-13-6-8-14(9-7-13)17-12-20-10-11-21(17)27(25,26)18-15(19)4-3-5-16(18)22(23)24/h3-9,17,20H,2,10-12H2,1H3. The van der Waals surface area contributed by atoms with Gasteiger partial charge in [0.2, 0.25) is 0 Å². The van der Waals surface area contributed by atoms with Gasteiger partial charge in [-0.1, -0.05) is 37.3 Å². The van der Waals surface area contributed by atoms with E-state index in [1.165, 1.54) is 0 Å². The van der Waals surface area contributed by atoms with Crippen LogP contribution in [0, 0.1) is 15.9 Å². The SMILES string of the molecule is CCc1ccc(C2CNCCN2S(=O)(=O)c2c(F)cccc2[N+](=O)[O-])cc1. The van der Waals surface area contributed by atoms with Crippen LogP contribution >= 0.6 is 0 Å². The number of nitrogens with one attached hydrogen (secondary N) is 1. The molecule has 144 valence electrons. The highest BCUT2D eigenvalue weighted by molar-refractivity contribution is 7.89. The second-order valence-corrected chi connectivity index (χ2v) is 8.10. The second kappa shape index (κ2) is 7.71. The van der Waals surface area contributed by atoms with Crippen molar-refractivity contribution in [1.29, 1.82) is 0 Å². The molecule has 0 amide bonds. The van der Waals surface area contributed by atoms with Gasteiger partial charge in [0.15, 0.2) is 4.90 Å². The Labute approximate surface area is 157 Å². The van der Waals surface area contributed by atoms with Gasteiger partial charge in [-0.05, 0) is 23.6 Å². The van der Waals surface area contributed by atoms with E-state index in [0.29, 0.717) is 13.1 Å². The normalized spacial score (nSPS) is 18.4. The lowest BCUT2D eigenvalue weighted by atomic mass is 10.0. The fourth-order valence-corrected chi connectivity index (χ4v) is 5.07. The molecule has 2 aromatic carbocycles. The van der Waals surface area contributed by atoms with Crippen LogP contribution in [0.15, 0.2) is 47.4 Å². The van der Waals surface area contributed by atoms with E-state index in [1.54, 1.807) is 0 Å². The molecule has 2 aromatic rings. The van der Waals surface area contributed by atoms with E-state index < -0.39 is 37.4 Å². The van der Waals surface area contributed by atoms with E-state index in [0.717, 1.165) is 40.1 Å². The predicted molar refractivity (Wildman–Crippen MR) is 98.4 cm³/mol. The molecule has 0 aromatic heterocycles. The van der Waals surface area contributed by atoms with E-state index in [1.807, 2.05) is 31.2 Å². The number of benzene rings is 2. The second-order valence-electron chi connectivity index (χ2n) is 6.28. The summed E-state index contributed by atoms with van der Waals surface area (Å²) in [7, 11) is -4.40. The largest absolute Gasteiger partial charge is 0.313 e. The molecule has 7 nitrogen and oxygen atoms in total. The molecule has 0 spiro atoms. The van der Waals surface area contributed by atoms with E-state index in [4.69, 9.17) is 0 Å². The van der Waals surface area contributed by atoms with Crippen molar-refractivity contribution in [2.75, 3.05) is 19.6 Å². The van der Waals surface area contributed by atoms with Gasteiger partial charge in [0, 0.05) is 25.7 Å². The van der Waals surface area contributed by atoms with Crippen molar-refractivity contribution in [2.24, 2.45) is 0 Å². The van der Waals surface area contributed by atoms with Crippen LogP contribution in [0.3, 0.4) is 0 Å². The molecule has 1 heterocycles. The number of nitro groups is 1. The molecule has 3 rings (SSSR count). The fourth-order valence-electron chi connectivity index (χ4n) is 3.25. The molecule has 1 aliphatic rings. The lowest BCUT2D eigenvalue weighted by Crippen LogP contribution is -2.48. The van der Waals surface area contributed by atoms with E-state index in [-0.39, 0.29) is 6.54 Å².